The van der Waals surface area contributed by atoms with Gasteiger partial charge in [-0.1, -0.05) is 19.9 Å². The molecular formula is C14H20O2. The van der Waals surface area contributed by atoms with Crippen LogP contribution in [0.4, 0.5) is 0 Å². The molecule has 16 heavy (non-hydrogen) atoms. The average Bonchev–Trinajstić information content (AvgIpc) is 3.14. The van der Waals surface area contributed by atoms with Gasteiger partial charge in [0.05, 0.1) is 0 Å². The van der Waals surface area contributed by atoms with Crippen LogP contribution in [-0.2, 0) is 0 Å². The fraction of sp³-hybridized carbons (Fsp3) is 0.571. The van der Waals surface area contributed by atoms with Crippen LogP contribution in [0.5, 0.6) is 11.5 Å². The SMILES string of the molecule is CC.Cc1ccc2c(c1)OC(C1CC1)CO2. The molecule has 0 radical (unpaired) electrons. The molecule has 0 amide bonds. The van der Waals surface area contributed by atoms with Crippen LogP contribution < -0.4 is 9.47 Å². The molecule has 0 bridgehead atoms. The number of ether oxygens (including phenoxy) is 2. The molecule has 1 atom stereocenters. The van der Waals surface area contributed by atoms with Gasteiger partial charge in [-0.2, -0.15) is 0 Å². The quantitative estimate of drug-likeness (QED) is 0.720. The molecule has 0 saturated heterocycles. The second-order valence-electron chi connectivity index (χ2n) is 4.25. The molecule has 1 aromatic carbocycles. The minimum Gasteiger partial charge on any atom is -0.486 e. The standard InChI is InChI=1S/C12H14O2.C2H6/c1-8-2-5-10-11(6-8)14-12(7-13-10)9-3-4-9;1-2/h2,5-6,9,12H,3-4,7H2,1H3;1-2H3. The summed E-state index contributed by atoms with van der Waals surface area (Å²) in [5.74, 6) is 2.56. The summed E-state index contributed by atoms with van der Waals surface area (Å²) in [7, 11) is 0. The number of hydrogen-bond acceptors (Lipinski definition) is 2. The van der Waals surface area contributed by atoms with Gasteiger partial charge in [0.2, 0.25) is 0 Å². The van der Waals surface area contributed by atoms with E-state index in [0.29, 0.717) is 6.10 Å². The Morgan fingerprint density at radius 2 is 1.88 bits per heavy atom. The third kappa shape index (κ3) is 2.31. The van der Waals surface area contributed by atoms with Crippen LogP contribution in [0.2, 0.25) is 0 Å². The van der Waals surface area contributed by atoms with Crippen LogP contribution in [0.25, 0.3) is 0 Å². The van der Waals surface area contributed by atoms with Crippen molar-refractivity contribution in [2.45, 2.75) is 39.7 Å². The Hall–Kier alpha value is -1.18. The summed E-state index contributed by atoms with van der Waals surface area (Å²) < 4.78 is 11.6. The largest absolute Gasteiger partial charge is 0.486 e. The summed E-state index contributed by atoms with van der Waals surface area (Å²) >= 11 is 0. The third-order valence-electron chi connectivity index (χ3n) is 2.93. The molecule has 1 aliphatic carbocycles. The first-order valence-electron chi connectivity index (χ1n) is 6.23. The predicted molar refractivity (Wildman–Crippen MR) is 65.2 cm³/mol. The van der Waals surface area contributed by atoms with Crippen LogP contribution in [0.15, 0.2) is 18.2 Å². The molecule has 0 spiro atoms. The lowest BCUT2D eigenvalue weighted by molar-refractivity contribution is 0.0756. The Bertz CT molecular complexity index is 356. The van der Waals surface area contributed by atoms with Crippen molar-refractivity contribution in [3.63, 3.8) is 0 Å². The first-order valence-corrected chi connectivity index (χ1v) is 6.23. The number of fused-ring (bicyclic) bond motifs is 1. The van der Waals surface area contributed by atoms with E-state index in [-0.39, 0.29) is 0 Å². The van der Waals surface area contributed by atoms with Gasteiger partial charge in [-0.25, -0.2) is 0 Å². The van der Waals surface area contributed by atoms with Gasteiger partial charge in [0.25, 0.3) is 0 Å². The van der Waals surface area contributed by atoms with Gasteiger partial charge in [0.1, 0.15) is 12.7 Å². The molecule has 2 nitrogen and oxygen atoms in total. The Labute approximate surface area is 97.6 Å². The van der Waals surface area contributed by atoms with Crippen LogP contribution in [0.3, 0.4) is 0 Å². The fourth-order valence-electron chi connectivity index (χ4n) is 1.90. The first-order chi connectivity index (χ1) is 7.83. The molecule has 1 heterocycles. The van der Waals surface area contributed by atoms with Crippen LogP contribution in [0, 0.1) is 12.8 Å². The molecule has 0 aromatic heterocycles. The van der Waals surface area contributed by atoms with Crippen molar-refractivity contribution in [3.05, 3.63) is 23.8 Å². The van der Waals surface area contributed by atoms with Crippen molar-refractivity contribution in [3.8, 4) is 11.5 Å². The minimum atomic E-state index is 0.296. The number of aryl methyl sites for hydroxylation is 1. The van der Waals surface area contributed by atoms with Crippen LogP contribution >= 0.6 is 0 Å². The molecule has 1 unspecified atom stereocenters. The maximum Gasteiger partial charge on any atom is 0.162 e. The molecule has 88 valence electrons. The van der Waals surface area contributed by atoms with E-state index in [1.165, 1.54) is 18.4 Å². The fourth-order valence-corrected chi connectivity index (χ4v) is 1.90. The Kier molecular flexibility index (Phi) is 3.37. The first kappa shape index (κ1) is 11.3. The summed E-state index contributed by atoms with van der Waals surface area (Å²) in [6.45, 7) is 6.80. The van der Waals surface area contributed by atoms with E-state index in [1.54, 1.807) is 0 Å². The van der Waals surface area contributed by atoms with Gasteiger partial charge in [0, 0.05) is 0 Å². The Balaban J connectivity index is 0.000000457. The van der Waals surface area contributed by atoms with Gasteiger partial charge in [-0.15, -0.1) is 0 Å². The van der Waals surface area contributed by atoms with E-state index in [0.717, 1.165) is 24.0 Å². The smallest absolute Gasteiger partial charge is 0.162 e. The summed E-state index contributed by atoms with van der Waals surface area (Å²) in [5, 5.41) is 0. The molecule has 1 aliphatic heterocycles. The highest BCUT2D eigenvalue weighted by molar-refractivity contribution is 5.43. The summed E-state index contributed by atoms with van der Waals surface area (Å²) in [6, 6.07) is 6.11. The lowest BCUT2D eigenvalue weighted by Crippen LogP contribution is -2.30. The molecule has 3 rings (SSSR count). The van der Waals surface area contributed by atoms with Gasteiger partial charge < -0.3 is 9.47 Å². The van der Waals surface area contributed by atoms with Gasteiger partial charge in [0.15, 0.2) is 11.5 Å². The second kappa shape index (κ2) is 4.77. The second-order valence-corrected chi connectivity index (χ2v) is 4.25. The minimum absolute atomic E-state index is 0.296. The van der Waals surface area contributed by atoms with E-state index < -0.39 is 0 Å². The van der Waals surface area contributed by atoms with Crippen molar-refractivity contribution >= 4 is 0 Å². The number of rotatable bonds is 1. The normalized spacial score (nSPS) is 22.1. The highest BCUT2D eigenvalue weighted by Crippen LogP contribution is 2.40. The topological polar surface area (TPSA) is 18.5 Å². The predicted octanol–water partition coefficient (Wildman–Crippen LogP) is 3.57. The highest BCUT2D eigenvalue weighted by Gasteiger charge is 2.36. The molecule has 1 aromatic rings. The average molecular weight is 220 g/mol. The van der Waals surface area contributed by atoms with Gasteiger partial charge in [-0.05, 0) is 43.4 Å². The zero-order valence-electron chi connectivity index (χ0n) is 10.3. The van der Waals surface area contributed by atoms with Crippen molar-refractivity contribution < 1.29 is 9.47 Å². The number of benzene rings is 1. The van der Waals surface area contributed by atoms with E-state index in [1.807, 2.05) is 19.9 Å². The van der Waals surface area contributed by atoms with Crippen molar-refractivity contribution in [1.82, 2.24) is 0 Å². The van der Waals surface area contributed by atoms with Crippen LogP contribution in [-0.4, -0.2) is 12.7 Å². The van der Waals surface area contributed by atoms with Crippen molar-refractivity contribution in [2.75, 3.05) is 6.61 Å². The molecule has 2 aliphatic rings. The molecular weight excluding hydrogens is 200 g/mol. The van der Waals surface area contributed by atoms with Crippen molar-refractivity contribution in [2.24, 2.45) is 5.92 Å². The molecule has 2 heteroatoms. The maximum atomic E-state index is 5.91. The van der Waals surface area contributed by atoms with Crippen LogP contribution in [0.1, 0.15) is 32.3 Å². The summed E-state index contributed by atoms with van der Waals surface area (Å²) in [4.78, 5) is 0. The molecule has 0 N–H and O–H groups in total. The van der Waals surface area contributed by atoms with E-state index in [9.17, 15) is 0 Å². The highest BCUT2D eigenvalue weighted by atomic mass is 16.6. The van der Waals surface area contributed by atoms with E-state index in [2.05, 4.69) is 19.1 Å². The van der Waals surface area contributed by atoms with E-state index in [4.69, 9.17) is 9.47 Å². The summed E-state index contributed by atoms with van der Waals surface area (Å²) in [5.41, 5.74) is 1.23. The third-order valence-corrected chi connectivity index (χ3v) is 2.93. The van der Waals surface area contributed by atoms with Gasteiger partial charge in [-0.3, -0.25) is 0 Å². The Morgan fingerprint density at radius 3 is 2.56 bits per heavy atom. The van der Waals surface area contributed by atoms with Gasteiger partial charge >= 0.3 is 0 Å². The lowest BCUT2D eigenvalue weighted by atomic mass is 10.2. The van der Waals surface area contributed by atoms with E-state index >= 15 is 0 Å². The summed E-state index contributed by atoms with van der Waals surface area (Å²) in [6.07, 6.45) is 2.90. The molecule has 1 saturated carbocycles. The monoisotopic (exact) mass is 220 g/mol. The lowest BCUT2D eigenvalue weighted by Gasteiger charge is -2.26. The number of hydrogen-bond donors (Lipinski definition) is 0. The maximum absolute atomic E-state index is 5.91. The Morgan fingerprint density at radius 1 is 1.12 bits per heavy atom. The molecule has 1 fully saturated rings. The van der Waals surface area contributed by atoms with Crippen molar-refractivity contribution in [1.29, 1.82) is 0 Å². The zero-order valence-corrected chi connectivity index (χ0v) is 10.3. The zero-order chi connectivity index (χ0) is 11.5.